The zero-order valence-corrected chi connectivity index (χ0v) is 10.8. The van der Waals surface area contributed by atoms with Crippen LogP contribution in [0, 0.1) is 0 Å². The van der Waals surface area contributed by atoms with E-state index in [1.807, 2.05) is 23.6 Å². The topological polar surface area (TPSA) is 32.3 Å². The van der Waals surface area contributed by atoms with Crippen molar-refractivity contribution in [3.05, 3.63) is 0 Å². The van der Waals surface area contributed by atoms with Crippen LogP contribution in [0.5, 0.6) is 0 Å². The first kappa shape index (κ1) is 12.8. The van der Waals surface area contributed by atoms with Crippen molar-refractivity contribution in [3.63, 3.8) is 0 Å². The molecule has 0 aromatic heterocycles. The van der Waals surface area contributed by atoms with Crippen molar-refractivity contribution in [2.24, 2.45) is 0 Å². The summed E-state index contributed by atoms with van der Waals surface area (Å²) in [5.74, 6) is 1.32. The minimum absolute atomic E-state index is 0.0368. The van der Waals surface area contributed by atoms with Crippen LogP contribution in [0.25, 0.3) is 0 Å². The maximum atomic E-state index is 11.9. The first-order valence-electron chi connectivity index (χ1n) is 5.69. The van der Waals surface area contributed by atoms with Crippen LogP contribution in [0.3, 0.4) is 0 Å². The molecule has 4 heteroatoms. The van der Waals surface area contributed by atoms with E-state index in [9.17, 15) is 4.79 Å². The molecule has 0 radical (unpaired) electrons. The molecule has 1 saturated heterocycles. The Morgan fingerprint density at radius 3 is 2.53 bits per heavy atom. The van der Waals surface area contributed by atoms with Gasteiger partial charge < -0.3 is 10.2 Å². The maximum absolute atomic E-state index is 11.9. The molecule has 0 saturated carbocycles. The van der Waals surface area contributed by atoms with Gasteiger partial charge in [0.05, 0.1) is 6.04 Å². The molecule has 88 valence electrons. The number of amides is 1. The number of hydrogen-bond acceptors (Lipinski definition) is 3. The van der Waals surface area contributed by atoms with Gasteiger partial charge in [0.1, 0.15) is 0 Å². The SMILES string of the molecule is CSCC(C)NC(C)C(=O)N1CCCC1. The molecule has 1 rings (SSSR count). The molecule has 1 aliphatic rings. The standard InChI is InChI=1S/C11H22N2OS/c1-9(8-15-3)12-10(2)11(14)13-6-4-5-7-13/h9-10,12H,4-8H2,1-3H3. The van der Waals surface area contributed by atoms with Crippen LogP contribution in [-0.4, -0.2) is 48.0 Å². The number of thioether (sulfide) groups is 1. The van der Waals surface area contributed by atoms with Gasteiger partial charge >= 0.3 is 0 Å². The van der Waals surface area contributed by atoms with Crippen molar-refractivity contribution in [2.45, 2.75) is 38.8 Å². The predicted molar refractivity (Wildman–Crippen MR) is 66.3 cm³/mol. The molecule has 2 atom stereocenters. The summed E-state index contributed by atoms with van der Waals surface area (Å²) in [5, 5.41) is 3.35. The second-order valence-corrected chi connectivity index (χ2v) is 5.19. The fraction of sp³-hybridized carbons (Fsp3) is 0.909. The van der Waals surface area contributed by atoms with Gasteiger partial charge in [0.25, 0.3) is 0 Å². The van der Waals surface area contributed by atoms with Crippen LogP contribution in [-0.2, 0) is 4.79 Å². The fourth-order valence-electron chi connectivity index (χ4n) is 2.01. The quantitative estimate of drug-likeness (QED) is 0.773. The van der Waals surface area contributed by atoms with Gasteiger partial charge in [0, 0.05) is 24.9 Å². The summed E-state index contributed by atoms with van der Waals surface area (Å²) in [5.41, 5.74) is 0. The van der Waals surface area contributed by atoms with Crippen molar-refractivity contribution in [3.8, 4) is 0 Å². The van der Waals surface area contributed by atoms with Gasteiger partial charge in [-0.05, 0) is 32.9 Å². The summed E-state index contributed by atoms with van der Waals surface area (Å²) < 4.78 is 0. The Kier molecular flexibility index (Phi) is 5.47. The molecule has 1 fully saturated rings. The second kappa shape index (κ2) is 6.38. The number of nitrogens with one attached hydrogen (secondary N) is 1. The lowest BCUT2D eigenvalue weighted by Gasteiger charge is -2.23. The minimum atomic E-state index is -0.0368. The third-order valence-corrected chi connectivity index (χ3v) is 3.57. The Labute approximate surface area is 97.0 Å². The van der Waals surface area contributed by atoms with Gasteiger partial charge in [-0.3, -0.25) is 4.79 Å². The molecule has 1 heterocycles. The predicted octanol–water partition coefficient (Wildman–Crippen LogP) is 1.34. The Morgan fingerprint density at radius 2 is 2.00 bits per heavy atom. The number of hydrogen-bond donors (Lipinski definition) is 1. The third-order valence-electron chi connectivity index (χ3n) is 2.74. The lowest BCUT2D eigenvalue weighted by atomic mass is 10.2. The molecule has 1 N–H and O–H groups in total. The Morgan fingerprint density at radius 1 is 1.40 bits per heavy atom. The molecular weight excluding hydrogens is 208 g/mol. The van der Waals surface area contributed by atoms with Crippen molar-refractivity contribution < 1.29 is 4.79 Å². The van der Waals surface area contributed by atoms with Gasteiger partial charge in [0.2, 0.25) is 5.91 Å². The van der Waals surface area contributed by atoms with E-state index < -0.39 is 0 Å². The van der Waals surface area contributed by atoms with Crippen molar-refractivity contribution in [1.29, 1.82) is 0 Å². The molecule has 0 spiro atoms. The molecule has 0 aliphatic carbocycles. The fourth-order valence-corrected chi connectivity index (χ4v) is 2.60. The molecule has 3 nitrogen and oxygen atoms in total. The van der Waals surface area contributed by atoms with Crippen LogP contribution < -0.4 is 5.32 Å². The third kappa shape index (κ3) is 4.03. The summed E-state index contributed by atoms with van der Waals surface area (Å²) >= 11 is 1.81. The zero-order chi connectivity index (χ0) is 11.3. The summed E-state index contributed by atoms with van der Waals surface area (Å²) in [7, 11) is 0. The number of rotatable bonds is 5. The van der Waals surface area contributed by atoms with Crippen LogP contribution >= 0.6 is 11.8 Å². The molecule has 0 bridgehead atoms. The average molecular weight is 230 g/mol. The Balaban J connectivity index is 2.31. The van der Waals surface area contributed by atoms with Gasteiger partial charge in [-0.1, -0.05) is 0 Å². The number of carbonyl (C=O) groups is 1. The lowest BCUT2D eigenvalue weighted by molar-refractivity contribution is -0.132. The monoisotopic (exact) mass is 230 g/mol. The largest absolute Gasteiger partial charge is 0.341 e. The van der Waals surface area contributed by atoms with E-state index in [0.29, 0.717) is 6.04 Å². The highest BCUT2D eigenvalue weighted by Crippen LogP contribution is 2.09. The number of nitrogens with zero attached hydrogens (tertiary/aromatic N) is 1. The summed E-state index contributed by atoms with van der Waals surface area (Å²) in [4.78, 5) is 13.9. The van der Waals surface area contributed by atoms with E-state index in [1.54, 1.807) is 0 Å². The highest BCUT2D eigenvalue weighted by atomic mass is 32.2. The molecular formula is C11H22N2OS. The Bertz CT molecular complexity index is 205. The lowest BCUT2D eigenvalue weighted by Crippen LogP contribution is -2.47. The van der Waals surface area contributed by atoms with E-state index in [2.05, 4.69) is 18.5 Å². The number of likely N-dealkylation sites (tertiary alicyclic amines) is 1. The molecule has 1 aliphatic heterocycles. The molecule has 1 amide bonds. The van der Waals surface area contributed by atoms with Crippen LogP contribution in [0.2, 0.25) is 0 Å². The average Bonchev–Trinajstić information content (AvgIpc) is 2.69. The molecule has 0 aromatic carbocycles. The van der Waals surface area contributed by atoms with Crippen LogP contribution in [0.15, 0.2) is 0 Å². The van der Waals surface area contributed by atoms with Crippen LogP contribution in [0.4, 0.5) is 0 Å². The molecule has 15 heavy (non-hydrogen) atoms. The first-order chi connectivity index (χ1) is 7.15. The van der Waals surface area contributed by atoms with E-state index in [1.165, 1.54) is 12.8 Å². The molecule has 0 aromatic rings. The number of carbonyl (C=O) groups excluding carboxylic acids is 1. The van der Waals surface area contributed by atoms with Crippen molar-refractivity contribution in [2.75, 3.05) is 25.1 Å². The highest BCUT2D eigenvalue weighted by Gasteiger charge is 2.23. The van der Waals surface area contributed by atoms with E-state index in [4.69, 9.17) is 0 Å². The van der Waals surface area contributed by atoms with Gasteiger partial charge in [-0.25, -0.2) is 0 Å². The van der Waals surface area contributed by atoms with Gasteiger partial charge in [-0.2, -0.15) is 11.8 Å². The first-order valence-corrected chi connectivity index (χ1v) is 7.08. The van der Waals surface area contributed by atoms with Crippen molar-refractivity contribution in [1.82, 2.24) is 10.2 Å². The zero-order valence-electron chi connectivity index (χ0n) is 9.95. The van der Waals surface area contributed by atoms with Crippen LogP contribution in [0.1, 0.15) is 26.7 Å². The highest BCUT2D eigenvalue weighted by molar-refractivity contribution is 7.98. The van der Waals surface area contributed by atoms with E-state index in [0.717, 1.165) is 18.8 Å². The summed E-state index contributed by atoms with van der Waals surface area (Å²) in [6.07, 6.45) is 4.42. The van der Waals surface area contributed by atoms with Gasteiger partial charge in [-0.15, -0.1) is 0 Å². The second-order valence-electron chi connectivity index (χ2n) is 4.28. The summed E-state index contributed by atoms with van der Waals surface area (Å²) in [6, 6.07) is 0.367. The van der Waals surface area contributed by atoms with Crippen molar-refractivity contribution >= 4 is 17.7 Å². The smallest absolute Gasteiger partial charge is 0.239 e. The Hall–Kier alpha value is -0.220. The van der Waals surface area contributed by atoms with E-state index >= 15 is 0 Å². The maximum Gasteiger partial charge on any atom is 0.239 e. The molecule has 2 unspecified atom stereocenters. The van der Waals surface area contributed by atoms with E-state index in [-0.39, 0.29) is 11.9 Å². The van der Waals surface area contributed by atoms with Gasteiger partial charge in [0.15, 0.2) is 0 Å². The normalized spacial score (nSPS) is 20.3. The minimum Gasteiger partial charge on any atom is -0.341 e. The summed E-state index contributed by atoms with van der Waals surface area (Å²) in [6.45, 7) is 5.99.